The van der Waals surface area contributed by atoms with Gasteiger partial charge < -0.3 is 4.74 Å². The molecule has 0 N–H and O–H groups in total. The zero-order valence-corrected chi connectivity index (χ0v) is 15.7. The van der Waals surface area contributed by atoms with Gasteiger partial charge in [-0.05, 0) is 36.4 Å². The predicted octanol–water partition coefficient (Wildman–Crippen LogP) is 4.67. The standard InChI is InChI=1S/C21H17FN4OS/c22-18-11-4-5-12-19(18)27-14-20-24-25-21(26(20)17-9-2-1-3-10-17)28-15-16-8-6-7-13-23-16/h1-13H,14-15H2. The summed E-state index contributed by atoms with van der Waals surface area (Å²) in [4.78, 5) is 4.34. The van der Waals surface area contributed by atoms with Crippen LogP contribution in [0.3, 0.4) is 0 Å². The van der Waals surface area contributed by atoms with Gasteiger partial charge in [0.1, 0.15) is 6.61 Å². The summed E-state index contributed by atoms with van der Waals surface area (Å²) in [7, 11) is 0. The Morgan fingerprint density at radius 2 is 1.68 bits per heavy atom. The van der Waals surface area contributed by atoms with Crippen molar-refractivity contribution in [3.05, 3.63) is 96.3 Å². The summed E-state index contributed by atoms with van der Waals surface area (Å²) in [6.07, 6.45) is 1.77. The summed E-state index contributed by atoms with van der Waals surface area (Å²) in [5, 5.41) is 9.32. The van der Waals surface area contributed by atoms with E-state index < -0.39 is 5.82 Å². The normalized spacial score (nSPS) is 10.8. The summed E-state index contributed by atoms with van der Waals surface area (Å²) in [6, 6.07) is 21.9. The molecular formula is C21H17FN4OS. The van der Waals surface area contributed by atoms with Gasteiger partial charge in [-0.2, -0.15) is 0 Å². The molecule has 4 aromatic rings. The SMILES string of the molecule is Fc1ccccc1OCc1nnc(SCc2ccccn2)n1-c1ccccc1. The van der Waals surface area contributed by atoms with Crippen LogP contribution in [-0.4, -0.2) is 19.7 Å². The van der Waals surface area contributed by atoms with Gasteiger partial charge in [0.25, 0.3) is 0 Å². The number of hydrogen-bond donors (Lipinski definition) is 0. The molecule has 140 valence electrons. The molecule has 0 amide bonds. The summed E-state index contributed by atoms with van der Waals surface area (Å²) in [6.45, 7) is 0.104. The van der Waals surface area contributed by atoms with Gasteiger partial charge >= 0.3 is 0 Å². The molecule has 4 rings (SSSR count). The monoisotopic (exact) mass is 392 g/mol. The van der Waals surface area contributed by atoms with Crippen LogP contribution in [0.25, 0.3) is 5.69 Å². The third-order valence-corrected chi connectivity index (χ3v) is 4.95. The van der Waals surface area contributed by atoms with Crippen molar-refractivity contribution in [3.8, 4) is 11.4 Å². The van der Waals surface area contributed by atoms with Crippen molar-refractivity contribution in [2.24, 2.45) is 0 Å². The molecule has 2 aromatic carbocycles. The van der Waals surface area contributed by atoms with Crippen LogP contribution in [-0.2, 0) is 12.4 Å². The number of rotatable bonds is 7. The maximum Gasteiger partial charge on any atom is 0.196 e. The van der Waals surface area contributed by atoms with Crippen molar-refractivity contribution in [3.63, 3.8) is 0 Å². The molecule has 0 aliphatic rings. The van der Waals surface area contributed by atoms with Gasteiger partial charge in [0.15, 0.2) is 22.5 Å². The van der Waals surface area contributed by atoms with E-state index in [1.807, 2.05) is 53.1 Å². The Hall–Kier alpha value is -3.19. The van der Waals surface area contributed by atoms with Gasteiger partial charge in [0.05, 0.1) is 5.69 Å². The largest absolute Gasteiger partial charge is 0.483 e. The molecule has 0 unspecified atom stereocenters. The van der Waals surface area contributed by atoms with Crippen LogP contribution in [0, 0.1) is 5.82 Å². The Balaban J connectivity index is 1.59. The second-order valence-corrected chi connectivity index (χ2v) is 6.84. The maximum atomic E-state index is 13.9. The number of hydrogen-bond acceptors (Lipinski definition) is 5. The van der Waals surface area contributed by atoms with Crippen molar-refractivity contribution in [1.29, 1.82) is 0 Å². The number of pyridine rings is 1. The van der Waals surface area contributed by atoms with E-state index in [1.54, 1.807) is 24.4 Å². The van der Waals surface area contributed by atoms with Crippen molar-refractivity contribution in [2.45, 2.75) is 17.5 Å². The molecule has 5 nitrogen and oxygen atoms in total. The van der Waals surface area contributed by atoms with Crippen LogP contribution in [0.15, 0.2) is 84.1 Å². The van der Waals surface area contributed by atoms with E-state index >= 15 is 0 Å². The summed E-state index contributed by atoms with van der Waals surface area (Å²) in [5.41, 5.74) is 1.88. The lowest BCUT2D eigenvalue weighted by Gasteiger charge is -2.11. The fraction of sp³-hybridized carbons (Fsp3) is 0.0952. The molecule has 0 radical (unpaired) electrons. The fourth-order valence-corrected chi connectivity index (χ4v) is 3.54. The van der Waals surface area contributed by atoms with E-state index in [2.05, 4.69) is 15.2 Å². The highest BCUT2D eigenvalue weighted by molar-refractivity contribution is 7.98. The molecule has 0 atom stereocenters. The molecule has 0 aliphatic heterocycles. The summed E-state index contributed by atoms with van der Waals surface area (Å²) in [5.74, 6) is 1.05. The molecule has 0 aliphatic carbocycles. The Kier molecular flexibility index (Phi) is 5.63. The zero-order valence-electron chi connectivity index (χ0n) is 14.9. The molecule has 0 fully saturated rings. The number of nitrogens with zero attached hydrogens (tertiary/aromatic N) is 4. The van der Waals surface area contributed by atoms with Crippen molar-refractivity contribution in [1.82, 2.24) is 19.7 Å². The van der Waals surface area contributed by atoms with Crippen LogP contribution in [0.1, 0.15) is 11.5 Å². The highest BCUT2D eigenvalue weighted by Crippen LogP contribution is 2.25. The molecule has 0 spiro atoms. The minimum absolute atomic E-state index is 0.104. The van der Waals surface area contributed by atoms with Crippen molar-refractivity contribution < 1.29 is 9.13 Å². The van der Waals surface area contributed by atoms with Crippen molar-refractivity contribution in [2.75, 3.05) is 0 Å². The van der Waals surface area contributed by atoms with E-state index in [9.17, 15) is 4.39 Å². The molecule has 2 heterocycles. The van der Waals surface area contributed by atoms with Gasteiger partial charge in [-0.1, -0.05) is 48.2 Å². The Bertz CT molecular complexity index is 1040. The predicted molar refractivity (Wildman–Crippen MR) is 106 cm³/mol. The summed E-state index contributed by atoms with van der Waals surface area (Å²) >= 11 is 1.54. The van der Waals surface area contributed by atoms with Crippen LogP contribution >= 0.6 is 11.8 Å². The molecule has 7 heteroatoms. The van der Waals surface area contributed by atoms with Gasteiger partial charge in [0.2, 0.25) is 0 Å². The number of ether oxygens (including phenoxy) is 1. The number of aromatic nitrogens is 4. The molecule has 0 bridgehead atoms. The Morgan fingerprint density at radius 1 is 0.893 bits per heavy atom. The first-order valence-electron chi connectivity index (χ1n) is 8.71. The minimum atomic E-state index is -0.405. The highest BCUT2D eigenvalue weighted by Gasteiger charge is 2.16. The number of thioether (sulfide) groups is 1. The molecule has 2 aromatic heterocycles. The first-order chi connectivity index (χ1) is 13.8. The van der Waals surface area contributed by atoms with E-state index in [4.69, 9.17) is 4.74 Å². The average molecular weight is 392 g/mol. The lowest BCUT2D eigenvalue weighted by molar-refractivity contribution is 0.278. The molecule has 0 saturated heterocycles. The van der Waals surface area contributed by atoms with Gasteiger partial charge in [-0.3, -0.25) is 9.55 Å². The number of para-hydroxylation sites is 2. The first-order valence-corrected chi connectivity index (χ1v) is 9.69. The second-order valence-electron chi connectivity index (χ2n) is 5.90. The van der Waals surface area contributed by atoms with Gasteiger partial charge in [0, 0.05) is 17.6 Å². The van der Waals surface area contributed by atoms with E-state index in [-0.39, 0.29) is 12.4 Å². The van der Waals surface area contributed by atoms with Gasteiger partial charge in [-0.15, -0.1) is 10.2 Å². The Labute approximate surface area is 166 Å². The smallest absolute Gasteiger partial charge is 0.196 e. The lowest BCUT2D eigenvalue weighted by atomic mass is 10.3. The molecule has 0 saturated carbocycles. The summed E-state index contributed by atoms with van der Waals surface area (Å²) < 4.78 is 21.4. The van der Waals surface area contributed by atoms with Crippen molar-refractivity contribution >= 4 is 11.8 Å². The van der Waals surface area contributed by atoms with E-state index in [0.29, 0.717) is 11.6 Å². The second kappa shape index (κ2) is 8.67. The fourth-order valence-electron chi connectivity index (χ4n) is 2.65. The van der Waals surface area contributed by atoms with Crippen LogP contribution in [0.4, 0.5) is 4.39 Å². The third-order valence-electron chi connectivity index (χ3n) is 3.98. The van der Waals surface area contributed by atoms with Gasteiger partial charge in [-0.25, -0.2) is 4.39 Å². The molecular weight excluding hydrogens is 375 g/mol. The zero-order chi connectivity index (χ0) is 19.2. The topological polar surface area (TPSA) is 52.8 Å². The quantitative estimate of drug-likeness (QED) is 0.428. The van der Waals surface area contributed by atoms with Crippen LogP contribution in [0.5, 0.6) is 5.75 Å². The minimum Gasteiger partial charge on any atom is -0.483 e. The number of halogens is 1. The third kappa shape index (κ3) is 4.20. The number of benzene rings is 2. The highest BCUT2D eigenvalue weighted by atomic mass is 32.2. The lowest BCUT2D eigenvalue weighted by Crippen LogP contribution is -2.07. The van der Waals surface area contributed by atoms with E-state index in [1.165, 1.54) is 17.8 Å². The Morgan fingerprint density at radius 3 is 2.46 bits per heavy atom. The van der Waals surface area contributed by atoms with Crippen LogP contribution < -0.4 is 4.74 Å². The molecule has 28 heavy (non-hydrogen) atoms. The first kappa shape index (κ1) is 18.2. The maximum absolute atomic E-state index is 13.9. The van der Waals surface area contributed by atoms with E-state index in [0.717, 1.165) is 16.5 Å². The van der Waals surface area contributed by atoms with Crippen LogP contribution in [0.2, 0.25) is 0 Å². The average Bonchev–Trinajstić information content (AvgIpc) is 3.16.